The van der Waals surface area contributed by atoms with Gasteiger partial charge in [0.1, 0.15) is 5.82 Å². The third-order valence-electron chi connectivity index (χ3n) is 13.2. The summed E-state index contributed by atoms with van der Waals surface area (Å²) in [4.78, 5) is 9.82. The molecular weight excluding hydrogens is 1030 g/mol. The Balaban J connectivity index is 0.00000520. The minimum absolute atomic E-state index is 0. The molecule has 0 aliphatic carbocycles. The normalized spacial score (nSPS) is 12.5. The van der Waals surface area contributed by atoms with Crippen molar-refractivity contribution in [2.24, 2.45) is 0 Å². The van der Waals surface area contributed by atoms with Gasteiger partial charge in [-0.3, -0.25) is 4.57 Å². The van der Waals surface area contributed by atoms with Crippen LogP contribution in [0.3, 0.4) is 0 Å². The second kappa shape index (κ2) is 17.4. The summed E-state index contributed by atoms with van der Waals surface area (Å²) in [6.45, 7) is 10.9. The van der Waals surface area contributed by atoms with E-state index in [1.165, 1.54) is 27.4 Å². The number of anilines is 4. The van der Waals surface area contributed by atoms with Crippen LogP contribution in [0.2, 0.25) is 0 Å². The van der Waals surface area contributed by atoms with Crippen molar-refractivity contribution in [2.45, 2.75) is 40.0 Å². The molecular formula is C60H47BN6OPt-2. The van der Waals surface area contributed by atoms with Crippen molar-refractivity contribution in [3.63, 3.8) is 0 Å². The fourth-order valence-electron chi connectivity index (χ4n) is 10.1. The molecule has 0 fully saturated rings. The first kappa shape index (κ1) is 43.9. The molecule has 9 heteroatoms. The number of benzene rings is 8. The molecule has 8 aromatic carbocycles. The number of pyridine rings is 1. The summed E-state index contributed by atoms with van der Waals surface area (Å²) in [7, 11) is 0. The van der Waals surface area contributed by atoms with Gasteiger partial charge in [0.25, 0.3) is 6.33 Å². The second-order valence-electron chi connectivity index (χ2n) is 18.6. The van der Waals surface area contributed by atoms with Crippen molar-refractivity contribution in [2.75, 3.05) is 9.62 Å². The molecule has 69 heavy (non-hydrogen) atoms. The Morgan fingerprint density at radius 2 is 1.23 bits per heavy atom. The maximum atomic E-state index is 6.91. The van der Waals surface area contributed by atoms with Gasteiger partial charge >= 0.3 is 6.98 Å². The van der Waals surface area contributed by atoms with E-state index in [1.807, 2.05) is 24.4 Å². The fourth-order valence-corrected chi connectivity index (χ4v) is 10.1. The van der Waals surface area contributed by atoms with Crippen molar-refractivity contribution in [3.8, 4) is 28.6 Å². The van der Waals surface area contributed by atoms with Gasteiger partial charge in [0.15, 0.2) is 0 Å². The zero-order chi connectivity index (χ0) is 46.1. The van der Waals surface area contributed by atoms with Crippen LogP contribution in [-0.4, -0.2) is 21.1 Å². The molecule has 4 heterocycles. The summed E-state index contributed by atoms with van der Waals surface area (Å²) in [5.41, 5.74) is 14.7. The van der Waals surface area contributed by atoms with Crippen molar-refractivity contribution in [1.29, 1.82) is 0 Å². The molecule has 0 atom stereocenters. The van der Waals surface area contributed by atoms with E-state index in [9.17, 15) is 0 Å². The first-order valence-electron chi connectivity index (χ1n) is 23.2. The van der Waals surface area contributed by atoms with E-state index in [2.05, 4.69) is 246 Å². The summed E-state index contributed by atoms with van der Waals surface area (Å²) in [5.74, 6) is 2.01. The molecule has 11 aromatic rings. The summed E-state index contributed by atoms with van der Waals surface area (Å²) in [5, 5.41) is 2.38. The summed E-state index contributed by atoms with van der Waals surface area (Å²) >= 11 is 0. The number of nitrogens with zero attached hydrogens (tertiary/aromatic N) is 6. The maximum absolute atomic E-state index is 6.91. The van der Waals surface area contributed by atoms with Crippen LogP contribution in [0.15, 0.2) is 194 Å². The number of rotatable bonds is 8. The van der Waals surface area contributed by atoms with Crippen LogP contribution in [0, 0.1) is 32.3 Å². The van der Waals surface area contributed by atoms with Gasteiger partial charge in [-0.25, -0.2) is 4.98 Å². The van der Waals surface area contributed by atoms with Crippen molar-refractivity contribution in [3.05, 3.63) is 229 Å². The zero-order valence-corrected chi connectivity index (χ0v) is 41.2. The Bertz CT molecular complexity index is 3690. The molecule has 0 saturated carbocycles. The average Bonchev–Trinajstić information content (AvgIpc) is 4.03. The molecule has 12 rings (SSSR count). The number of aromatic nitrogens is 4. The third-order valence-corrected chi connectivity index (χ3v) is 13.2. The van der Waals surface area contributed by atoms with Gasteiger partial charge in [0.2, 0.25) is 0 Å². The summed E-state index contributed by atoms with van der Waals surface area (Å²) in [6.07, 6.45) is 5.64. The van der Waals surface area contributed by atoms with Gasteiger partial charge in [0.05, 0.1) is 33.4 Å². The van der Waals surface area contributed by atoms with Crippen molar-refractivity contribution in [1.82, 2.24) is 14.1 Å². The predicted octanol–water partition coefficient (Wildman–Crippen LogP) is 13.2. The molecule has 0 N–H and O–H groups in total. The minimum atomic E-state index is -0.248. The predicted molar refractivity (Wildman–Crippen MR) is 277 cm³/mol. The monoisotopic (exact) mass is 1070 g/mol. The van der Waals surface area contributed by atoms with E-state index in [1.54, 1.807) is 0 Å². The first-order valence-corrected chi connectivity index (χ1v) is 23.2. The van der Waals surface area contributed by atoms with Crippen LogP contribution in [0.4, 0.5) is 22.9 Å². The molecule has 7 nitrogen and oxygen atoms in total. The van der Waals surface area contributed by atoms with E-state index in [4.69, 9.17) is 9.72 Å². The van der Waals surface area contributed by atoms with Gasteiger partial charge < -0.3 is 23.5 Å². The number of imidazole rings is 1. The number of hydrogen-bond acceptors (Lipinski definition) is 4. The molecule has 0 amide bonds. The van der Waals surface area contributed by atoms with Crippen LogP contribution in [-0.2, 0) is 26.5 Å². The molecule has 338 valence electrons. The van der Waals surface area contributed by atoms with Crippen LogP contribution in [0.25, 0.3) is 49.9 Å². The van der Waals surface area contributed by atoms with E-state index >= 15 is 0 Å². The van der Waals surface area contributed by atoms with E-state index < -0.39 is 0 Å². The van der Waals surface area contributed by atoms with Gasteiger partial charge in [-0.05, 0) is 78.9 Å². The van der Waals surface area contributed by atoms with E-state index in [-0.39, 0.29) is 33.5 Å². The Morgan fingerprint density at radius 1 is 0.580 bits per heavy atom. The first-order chi connectivity index (χ1) is 33.2. The molecule has 0 bridgehead atoms. The van der Waals surface area contributed by atoms with Crippen LogP contribution in [0.5, 0.6) is 11.5 Å². The molecule has 1 aliphatic heterocycles. The molecule has 0 saturated heterocycles. The SMILES string of the molecule is Cc1cccc(C)c1B1N(c2ccccc2)c2cccnc2N1c1[c-]c(Oc2[c-]c(-n3[c-][n+](-c4cccc5c6ccccc6n(-c6ccccc6)c45)c4ccccc43)ccc2)cc(C(C)(C)C)c1.[Pt]. The summed E-state index contributed by atoms with van der Waals surface area (Å²) in [6, 6.07) is 73.3. The quantitative estimate of drug-likeness (QED) is 0.0864. The summed E-state index contributed by atoms with van der Waals surface area (Å²) < 4.78 is 13.5. The molecule has 0 unspecified atom stereocenters. The molecule has 1 aliphatic rings. The second-order valence-corrected chi connectivity index (χ2v) is 18.6. The largest absolute Gasteiger partial charge is 0.510 e. The Kier molecular flexibility index (Phi) is 11.1. The van der Waals surface area contributed by atoms with Crippen molar-refractivity contribution >= 4 is 68.2 Å². The Hall–Kier alpha value is -7.67. The Labute approximate surface area is 417 Å². The van der Waals surface area contributed by atoms with E-state index in [0.29, 0.717) is 11.5 Å². The standard InChI is InChI=1S/C60H47BN6O.Pt/c1-41-20-16-21-42(2)57(41)61-66(45-24-10-7-11-25-45)56-34-19-35-62-59(56)67(61)47-36-43(60(3,4)5)37-49(39-47)68-48-27-17-26-46(38-48)63-40-64(54-32-15-14-31-53(54)63)55-33-18-29-51-50-28-12-13-30-52(50)65(58(51)55)44-22-8-6-9-23-44;/h6-37H,1-5H3;/q-2;. The number of hydrogen-bond donors (Lipinski definition) is 0. The van der Waals surface area contributed by atoms with E-state index in [0.717, 1.165) is 67.6 Å². The number of ether oxygens (including phenoxy) is 1. The molecule has 0 radical (unpaired) electrons. The van der Waals surface area contributed by atoms with Crippen molar-refractivity contribution < 1.29 is 30.4 Å². The fraction of sp³-hybridized carbons (Fsp3) is 0.100. The average molecular weight is 1070 g/mol. The number of fused-ring (bicyclic) bond motifs is 5. The maximum Gasteiger partial charge on any atom is 0.420 e. The van der Waals surface area contributed by atoms with Gasteiger partial charge in [-0.15, -0.1) is 35.9 Å². The number of para-hydroxylation sites is 6. The van der Waals surface area contributed by atoms with Crippen LogP contribution in [0.1, 0.15) is 37.5 Å². The smallest absolute Gasteiger partial charge is 0.420 e. The zero-order valence-electron chi connectivity index (χ0n) is 39.0. The topological polar surface area (TPSA) is 42.3 Å². The third kappa shape index (κ3) is 7.51. The van der Waals surface area contributed by atoms with Crippen LogP contribution < -0.4 is 24.4 Å². The van der Waals surface area contributed by atoms with Crippen LogP contribution >= 0.6 is 0 Å². The van der Waals surface area contributed by atoms with Gasteiger partial charge in [0, 0.05) is 60.9 Å². The number of aryl methyl sites for hydroxylation is 2. The Morgan fingerprint density at radius 3 is 2.00 bits per heavy atom. The molecule has 3 aromatic heterocycles. The van der Waals surface area contributed by atoms with Gasteiger partial charge in [-0.1, -0.05) is 147 Å². The molecule has 0 spiro atoms. The van der Waals surface area contributed by atoms with Gasteiger partial charge in [-0.2, -0.15) is 12.1 Å². The minimum Gasteiger partial charge on any atom is -0.510 e.